The third kappa shape index (κ3) is 2.92. The molecule has 7 heteroatoms. The number of hydrogen-bond donors (Lipinski definition) is 0. The summed E-state index contributed by atoms with van der Waals surface area (Å²) in [6.07, 6.45) is -2.66. The second kappa shape index (κ2) is 4.23. The van der Waals surface area contributed by atoms with E-state index in [9.17, 15) is 13.2 Å². The fourth-order valence-electron chi connectivity index (χ4n) is 0.786. The van der Waals surface area contributed by atoms with Crippen molar-refractivity contribution in [2.45, 2.75) is 12.2 Å². The lowest BCUT2D eigenvalue weighted by Crippen LogP contribution is -2.18. The zero-order valence-corrected chi connectivity index (χ0v) is 8.12. The van der Waals surface area contributed by atoms with Gasteiger partial charge in [-0.2, -0.15) is 0 Å². The van der Waals surface area contributed by atoms with Crippen molar-refractivity contribution in [3.8, 4) is 5.75 Å². The van der Waals surface area contributed by atoms with Gasteiger partial charge in [-0.3, -0.25) is 4.98 Å². The molecular weight excluding hydrogens is 242 g/mol. The first-order valence-corrected chi connectivity index (χ1v) is 4.29. The topological polar surface area (TPSA) is 22.1 Å². The van der Waals surface area contributed by atoms with E-state index in [4.69, 9.17) is 23.2 Å². The Morgan fingerprint density at radius 1 is 1.36 bits per heavy atom. The molecule has 1 rings (SSSR count). The Morgan fingerprint density at radius 2 is 2.00 bits per heavy atom. The Labute approximate surface area is 87.6 Å². The van der Waals surface area contributed by atoms with E-state index in [1.54, 1.807) is 0 Å². The van der Waals surface area contributed by atoms with Crippen molar-refractivity contribution in [1.29, 1.82) is 0 Å². The summed E-state index contributed by atoms with van der Waals surface area (Å²) in [6.45, 7) is 0. The smallest absolute Gasteiger partial charge is 0.404 e. The number of pyridine rings is 1. The fourth-order valence-corrected chi connectivity index (χ4v) is 1.35. The normalized spacial score (nSPS) is 11.5. The predicted molar refractivity (Wildman–Crippen MR) is 45.5 cm³/mol. The zero-order valence-electron chi connectivity index (χ0n) is 6.61. The van der Waals surface area contributed by atoms with Crippen molar-refractivity contribution in [3.05, 3.63) is 23.0 Å². The van der Waals surface area contributed by atoms with Crippen LogP contribution in [0.25, 0.3) is 0 Å². The van der Waals surface area contributed by atoms with Crippen LogP contribution >= 0.6 is 23.2 Å². The van der Waals surface area contributed by atoms with Crippen LogP contribution in [-0.4, -0.2) is 11.3 Å². The van der Waals surface area contributed by atoms with E-state index in [-0.39, 0.29) is 16.5 Å². The average Bonchev–Trinajstić information content (AvgIpc) is 2.01. The van der Waals surface area contributed by atoms with Crippen LogP contribution in [0, 0.1) is 0 Å². The van der Waals surface area contributed by atoms with Crippen molar-refractivity contribution in [1.82, 2.24) is 4.98 Å². The molecule has 0 aliphatic heterocycles. The molecule has 2 nitrogen and oxygen atoms in total. The van der Waals surface area contributed by atoms with E-state index >= 15 is 0 Å². The van der Waals surface area contributed by atoms with Crippen LogP contribution in [0.2, 0.25) is 5.02 Å². The molecule has 0 saturated heterocycles. The predicted octanol–water partition coefficient (Wildman–Crippen LogP) is 3.37. The van der Waals surface area contributed by atoms with Crippen molar-refractivity contribution in [3.63, 3.8) is 0 Å². The Bertz CT molecular complexity index is 329. The van der Waals surface area contributed by atoms with Gasteiger partial charge in [0.1, 0.15) is 0 Å². The first-order valence-electron chi connectivity index (χ1n) is 3.38. The van der Waals surface area contributed by atoms with Crippen molar-refractivity contribution >= 4 is 23.2 Å². The first-order chi connectivity index (χ1) is 6.44. The van der Waals surface area contributed by atoms with Crippen LogP contribution < -0.4 is 4.74 Å². The summed E-state index contributed by atoms with van der Waals surface area (Å²) >= 11 is 11.0. The number of ether oxygens (including phenoxy) is 1. The molecule has 0 radical (unpaired) electrons. The highest BCUT2D eigenvalue weighted by Crippen LogP contribution is 2.30. The third-order valence-electron chi connectivity index (χ3n) is 1.32. The fraction of sp³-hybridized carbons (Fsp3) is 0.286. The van der Waals surface area contributed by atoms with Crippen LogP contribution in [0.15, 0.2) is 12.4 Å². The molecule has 1 heterocycles. The lowest BCUT2D eigenvalue weighted by Gasteiger charge is -2.11. The minimum Gasteiger partial charge on any atom is -0.404 e. The van der Waals surface area contributed by atoms with Gasteiger partial charge >= 0.3 is 6.36 Å². The number of nitrogens with zero attached hydrogens (tertiary/aromatic N) is 1. The highest BCUT2D eigenvalue weighted by atomic mass is 35.5. The van der Waals surface area contributed by atoms with Gasteiger partial charge in [0.15, 0.2) is 5.75 Å². The van der Waals surface area contributed by atoms with Gasteiger partial charge in [0.25, 0.3) is 0 Å². The Hall–Kier alpha value is -0.680. The number of alkyl halides is 4. The lowest BCUT2D eigenvalue weighted by molar-refractivity contribution is -0.275. The van der Waals surface area contributed by atoms with Crippen LogP contribution in [0.5, 0.6) is 5.75 Å². The molecule has 0 aliphatic rings. The molecule has 0 saturated carbocycles. The number of hydrogen-bond acceptors (Lipinski definition) is 2. The average molecular weight is 246 g/mol. The molecule has 0 aromatic carbocycles. The maximum Gasteiger partial charge on any atom is 0.573 e. The summed E-state index contributed by atoms with van der Waals surface area (Å²) in [4.78, 5) is 3.46. The summed E-state index contributed by atoms with van der Waals surface area (Å²) in [5.41, 5.74) is 0.0701. The van der Waals surface area contributed by atoms with E-state index in [1.165, 1.54) is 6.20 Å². The van der Waals surface area contributed by atoms with E-state index in [0.717, 1.165) is 6.20 Å². The van der Waals surface area contributed by atoms with Crippen LogP contribution in [-0.2, 0) is 5.88 Å². The number of rotatable bonds is 2. The summed E-state index contributed by atoms with van der Waals surface area (Å²) in [5.74, 6) is -0.646. The monoisotopic (exact) mass is 245 g/mol. The van der Waals surface area contributed by atoms with Gasteiger partial charge in [0.05, 0.1) is 17.1 Å². The van der Waals surface area contributed by atoms with Gasteiger partial charge in [-0.05, 0) is 0 Å². The molecule has 1 aromatic rings. The van der Waals surface area contributed by atoms with Crippen molar-refractivity contribution < 1.29 is 17.9 Å². The largest absolute Gasteiger partial charge is 0.573 e. The molecular formula is C7H4Cl2F3NO. The first kappa shape index (κ1) is 11.4. The summed E-state index contributed by atoms with van der Waals surface area (Å²) in [7, 11) is 0. The molecule has 0 aliphatic carbocycles. The minimum atomic E-state index is -4.77. The van der Waals surface area contributed by atoms with Crippen LogP contribution in [0.1, 0.15) is 5.56 Å². The Kier molecular flexibility index (Phi) is 3.44. The van der Waals surface area contributed by atoms with Gasteiger partial charge in [-0.25, -0.2) is 0 Å². The van der Waals surface area contributed by atoms with Gasteiger partial charge in [0.2, 0.25) is 0 Å². The number of aromatic nitrogens is 1. The molecule has 0 N–H and O–H groups in total. The Morgan fingerprint density at radius 3 is 2.50 bits per heavy atom. The minimum absolute atomic E-state index is 0.0433. The third-order valence-corrected chi connectivity index (χ3v) is 1.92. The molecule has 1 aromatic heterocycles. The summed E-state index contributed by atoms with van der Waals surface area (Å²) in [5, 5.41) is 0.0433. The molecule has 0 amide bonds. The summed E-state index contributed by atoms with van der Waals surface area (Å²) < 4.78 is 39.2. The van der Waals surface area contributed by atoms with Gasteiger partial charge in [-0.1, -0.05) is 11.6 Å². The van der Waals surface area contributed by atoms with E-state index in [1.807, 2.05) is 0 Å². The second-order valence-electron chi connectivity index (χ2n) is 2.28. The van der Waals surface area contributed by atoms with E-state index in [2.05, 4.69) is 9.72 Å². The SMILES string of the molecule is FC(F)(F)Oc1cncc(Cl)c1CCl. The Balaban J connectivity index is 3.02. The molecule has 0 bridgehead atoms. The summed E-state index contributed by atoms with van der Waals surface area (Å²) in [6, 6.07) is 0. The highest BCUT2D eigenvalue weighted by molar-refractivity contribution is 6.32. The maximum absolute atomic E-state index is 11.9. The van der Waals surface area contributed by atoms with Crippen molar-refractivity contribution in [2.75, 3.05) is 0 Å². The van der Waals surface area contributed by atoms with Gasteiger partial charge in [0, 0.05) is 11.8 Å². The van der Waals surface area contributed by atoms with Crippen molar-refractivity contribution in [2.24, 2.45) is 0 Å². The molecule has 0 spiro atoms. The molecule has 0 fully saturated rings. The highest BCUT2D eigenvalue weighted by Gasteiger charge is 2.32. The maximum atomic E-state index is 11.9. The van der Waals surface area contributed by atoms with Crippen LogP contribution in [0.3, 0.4) is 0 Å². The number of halogens is 5. The second-order valence-corrected chi connectivity index (χ2v) is 2.95. The molecule has 0 atom stereocenters. The standard InChI is InChI=1S/C7H4Cl2F3NO/c8-1-4-5(9)2-13-3-6(4)14-7(10,11)12/h2-3H,1H2. The molecule has 14 heavy (non-hydrogen) atoms. The lowest BCUT2D eigenvalue weighted by atomic mass is 10.3. The quantitative estimate of drug-likeness (QED) is 0.746. The van der Waals surface area contributed by atoms with Crippen LogP contribution in [0.4, 0.5) is 13.2 Å². The molecule has 0 unspecified atom stereocenters. The van der Waals surface area contributed by atoms with E-state index in [0.29, 0.717) is 0 Å². The van der Waals surface area contributed by atoms with Gasteiger partial charge in [-0.15, -0.1) is 24.8 Å². The molecule has 78 valence electrons. The zero-order chi connectivity index (χ0) is 10.8. The van der Waals surface area contributed by atoms with Gasteiger partial charge < -0.3 is 4.74 Å². The van der Waals surface area contributed by atoms with E-state index < -0.39 is 12.1 Å².